The summed E-state index contributed by atoms with van der Waals surface area (Å²) in [5.41, 5.74) is 1.96. The number of fused-ring (bicyclic) bond motifs is 1. The van der Waals surface area contributed by atoms with Gasteiger partial charge in [0.15, 0.2) is 0 Å². The van der Waals surface area contributed by atoms with Gasteiger partial charge in [0.2, 0.25) is 0 Å². The zero-order valence-electron chi connectivity index (χ0n) is 13.6. The number of imidazole rings is 1. The van der Waals surface area contributed by atoms with Crippen molar-refractivity contribution in [3.8, 4) is 0 Å². The van der Waals surface area contributed by atoms with E-state index in [1.807, 2.05) is 11.8 Å². The van der Waals surface area contributed by atoms with Gasteiger partial charge in [-0.1, -0.05) is 0 Å². The van der Waals surface area contributed by atoms with Crippen LogP contribution in [0.1, 0.15) is 46.6 Å². The van der Waals surface area contributed by atoms with Crippen LogP contribution < -0.4 is 0 Å². The lowest BCUT2D eigenvalue weighted by molar-refractivity contribution is 0.0729. The Morgan fingerprint density at radius 2 is 2.21 bits per heavy atom. The van der Waals surface area contributed by atoms with Crippen LogP contribution in [0.15, 0.2) is 28.7 Å². The van der Waals surface area contributed by atoms with E-state index in [1.54, 1.807) is 19.1 Å². The predicted octanol–water partition coefficient (Wildman–Crippen LogP) is 3.89. The normalized spacial score (nSPS) is 17.8. The molecule has 0 radical (unpaired) electrons. The van der Waals surface area contributed by atoms with E-state index in [1.165, 1.54) is 12.1 Å². The van der Waals surface area contributed by atoms with Crippen molar-refractivity contribution in [2.45, 2.75) is 32.7 Å². The summed E-state index contributed by atoms with van der Waals surface area (Å²) in [6.45, 7) is 4.31. The largest absolute Gasteiger partial charge is 0.466 e. The molecule has 1 amide bonds. The molecule has 0 spiro atoms. The minimum Gasteiger partial charge on any atom is -0.466 e. The number of benzene rings is 1. The first kappa shape index (κ1) is 14.9. The summed E-state index contributed by atoms with van der Waals surface area (Å²) in [6, 6.07) is 6.12. The molecular weight excluding hydrogens is 309 g/mol. The third-order valence-electron chi connectivity index (χ3n) is 4.56. The van der Waals surface area contributed by atoms with Crippen LogP contribution in [0.25, 0.3) is 11.0 Å². The minimum atomic E-state index is -0.304. The molecule has 3 aromatic rings. The van der Waals surface area contributed by atoms with Crippen molar-refractivity contribution < 1.29 is 13.6 Å². The molecule has 2 aromatic heterocycles. The second-order valence-electron chi connectivity index (χ2n) is 6.27. The van der Waals surface area contributed by atoms with Gasteiger partial charge in [0.1, 0.15) is 23.2 Å². The fourth-order valence-electron chi connectivity index (χ4n) is 3.45. The number of nitrogens with one attached hydrogen (secondary N) is 1. The molecule has 1 aromatic carbocycles. The highest BCUT2D eigenvalue weighted by Crippen LogP contribution is 2.33. The zero-order valence-corrected chi connectivity index (χ0v) is 13.6. The van der Waals surface area contributed by atoms with Gasteiger partial charge >= 0.3 is 0 Å². The SMILES string of the molecule is Cc1cc(C(=O)N2CCC[C@H]2c2nc3ccc(F)cc3[nH]2)c(C)o1. The molecule has 0 bridgehead atoms. The molecule has 3 heterocycles. The number of furan rings is 1. The number of aromatic nitrogens is 2. The Bertz CT molecular complexity index is 928. The number of aryl methyl sites for hydroxylation is 2. The van der Waals surface area contributed by atoms with Gasteiger partial charge in [-0.2, -0.15) is 0 Å². The molecule has 0 saturated carbocycles. The maximum atomic E-state index is 13.4. The van der Waals surface area contributed by atoms with Gasteiger partial charge in [-0.25, -0.2) is 9.37 Å². The van der Waals surface area contributed by atoms with Crippen molar-refractivity contribution in [3.63, 3.8) is 0 Å². The van der Waals surface area contributed by atoms with Crippen molar-refractivity contribution in [1.82, 2.24) is 14.9 Å². The van der Waals surface area contributed by atoms with Gasteiger partial charge in [-0.15, -0.1) is 0 Å². The Morgan fingerprint density at radius 1 is 1.38 bits per heavy atom. The number of hydrogen-bond donors (Lipinski definition) is 1. The van der Waals surface area contributed by atoms with Gasteiger partial charge < -0.3 is 14.3 Å². The minimum absolute atomic E-state index is 0.0431. The summed E-state index contributed by atoms with van der Waals surface area (Å²) in [7, 11) is 0. The van der Waals surface area contributed by atoms with Gasteiger partial charge in [-0.3, -0.25) is 4.79 Å². The number of hydrogen-bond acceptors (Lipinski definition) is 3. The summed E-state index contributed by atoms with van der Waals surface area (Å²) >= 11 is 0. The topological polar surface area (TPSA) is 62.1 Å². The van der Waals surface area contributed by atoms with E-state index in [4.69, 9.17) is 4.42 Å². The van der Waals surface area contributed by atoms with Crippen molar-refractivity contribution in [3.05, 3.63) is 53.0 Å². The molecule has 1 aliphatic rings. The second kappa shape index (κ2) is 5.47. The first-order valence-corrected chi connectivity index (χ1v) is 8.06. The lowest BCUT2D eigenvalue weighted by Crippen LogP contribution is -2.31. The number of likely N-dealkylation sites (tertiary alicyclic amines) is 1. The lowest BCUT2D eigenvalue weighted by Gasteiger charge is -2.22. The third-order valence-corrected chi connectivity index (χ3v) is 4.56. The Hall–Kier alpha value is -2.63. The molecule has 1 fully saturated rings. The highest BCUT2D eigenvalue weighted by Gasteiger charge is 2.34. The molecule has 1 saturated heterocycles. The second-order valence-corrected chi connectivity index (χ2v) is 6.27. The number of carbonyl (C=O) groups excluding carboxylic acids is 1. The standard InChI is InChI=1S/C18H18FN3O2/c1-10-8-13(11(2)24-10)18(23)22-7-3-4-16(22)17-20-14-6-5-12(19)9-15(14)21-17/h5-6,8-9,16H,3-4,7H2,1-2H3,(H,20,21)/t16-/m0/s1. The number of rotatable bonds is 2. The van der Waals surface area contributed by atoms with Crippen LogP contribution in [0.3, 0.4) is 0 Å². The average Bonchev–Trinajstić information content (AvgIpc) is 3.23. The quantitative estimate of drug-likeness (QED) is 0.777. The lowest BCUT2D eigenvalue weighted by atomic mass is 10.1. The molecule has 1 atom stereocenters. The molecule has 0 aliphatic carbocycles. The predicted molar refractivity (Wildman–Crippen MR) is 87.2 cm³/mol. The van der Waals surface area contributed by atoms with Crippen LogP contribution in [-0.2, 0) is 0 Å². The Labute approximate surface area is 138 Å². The molecule has 4 rings (SSSR count). The highest BCUT2D eigenvalue weighted by atomic mass is 19.1. The number of halogens is 1. The number of nitrogens with zero attached hydrogens (tertiary/aromatic N) is 2. The summed E-state index contributed by atoms with van der Waals surface area (Å²) in [4.78, 5) is 22.4. The van der Waals surface area contributed by atoms with Crippen molar-refractivity contribution >= 4 is 16.9 Å². The van der Waals surface area contributed by atoms with E-state index in [-0.39, 0.29) is 17.8 Å². The molecule has 1 aliphatic heterocycles. The van der Waals surface area contributed by atoms with E-state index >= 15 is 0 Å². The van der Waals surface area contributed by atoms with Crippen LogP contribution in [0.2, 0.25) is 0 Å². The van der Waals surface area contributed by atoms with Crippen LogP contribution in [0.4, 0.5) is 4.39 Å². The fourth-order valence-corrected chi connectivity index (χ4v) is 3.45. The molecule has 0 unspecified atom stereocenters. The van der Waals surface area contributed by atoms with Gasteiger partial charge in [0, 0.05) is 6.54 Å². The van der Waals surface area contributed by atoms with Gasteiger partial charge in [-0.05, 0) is 51.0 Å². The van der Waals surface area contributed by atoms with E-state index < -0.39 is 0 Å². The highest BCUT2D eigenvalue weighted by molar-refractivity contribution is 5.95. The number of aromatic amines is 1. The Balaban J connectivity index is 1.68. The van der Waals surface area contributed by atoms with Crippen molar-refractivity contribution in [1.29, 1.82) is 0 Å². The Kier molecular flexibility index (Phi) is 3.40. The van der Waals surface area contributed by atoms with Crippen molar-refractivity contribution in [2.24, 2.45) is 0 Å². The summed E-state index contributed by atoms with van der Waals surface area (Å²) in [6.07, 6.45) is 1.75. The van der Waals surface area contributed by atoms with E-state index in [0.717, 1.165) is 18.6 Å². The Morgan fingerprint density at radius 3 is 2.96 bits per heavy atom. The smallest absolute Gasteiger partial charge is 0.258 e. The van der Waals surface area contributed by atoms with Crippen LogP contribution in [0, 0.1) is 19.7 Å². The summed E-state index contributed by atoms with van der Waals surface area (Å²) in [5, 5.41) is 0. The number of H-pyrrole nitrogens is 1. The van der Waals surface area contributed by atoms with E-state index in [2.05, 4.69) is 9.97 Å². The maximum absolute atomic E-state index is 13.4. The molecule has 5 nitrogen and oxygen atoms in total. The fraction of sp³-hybridized carbons (Fsp3) is 0.333. The van der Waals surface area contributed by atoms with Crippen LogP contribution in [-0.4, -0.2) is 27.3 Å². The first-order valence-electron chi connectivity index (χ1n) is 8.06. The third kappa shape index (κ3) is 2.38. The molecule has 24 heavy (non-hydrogen) atoms. The zero-order chi connectivity index (χ0) is 16.8. The van der Waals surface area contributed by atoms with E-state index in [0.29, 0.717) is 34.7 Å². The number of carbonyl (C=O) groups is 1. The maximum Gasteiger partial charge on any atom is 0.258 e. The van der Waals surface area contributed by atoms with Crippen LogP contribution >= 0.6 is 0 Å². The first-order chi connectivity index (χ1) is 11.5. The van der Waals surface area contributed by atoms with Crippen molar-refractivity contribution in [2.75, 3.05) is 6.54 Å². The summed E-state index contributed by atoms with van der Waals surface area (Å²) < 4.78 is 18.9. The van der Waals surface area contributed by atoms with E-state index in [9.17, 15) is 9.18 Å². The molecule has 1 N–H and O–H groups in total. The summed E-state index contributed by atoms with van der Waals surface area (Å²) in [5.74, 6) is 1.72. The molecule has 124 valence electrons. The number of amides is 1. The van der Waals surface area contributed by atoms with Crippen LogP contribution in [0.5, 0.6) is 0 Å². The molecular formula is C18H18FN3O2. The molecule has 6 heteroatoms. The van der Waals surface area contributed by atoms with Gasteiger partial charge in [0.25, 0.3) is 5.91 Å². The average molecular weight is 327 g/mol. The van der Waals surface area contributed by atoms with Gasteiger partial charge in [0.05, 0.1) is 22.6 Å². The monoisotopic (exact) mass is 327 g/mol.